The number of halogens is 1. The second-order valence-electron chi connectivity index (χ2n) is 9.33. The van der Waals surface area contributed by atoms with Gasteiger partial charge in [0.1, 0.15) is 18.0 Å². The lowest BCUT2D eigenvalue weighted by molar-refractivity contribution is 0.0146. The summed E-state index contributed by atoms with van der Waals surface area (Å²) in [6, 6.07) is 13.6. The largest absolute Gasteiger partial charge is 0.445 e. The number of carbonyl (C=O) groups excluding carboxylic acids is 3. The molecule has 0 radical (unpaired) electrons. The quantitative estimate of drug-likeness (QED) is 0.577. The Balaban J connectivity index is 1.59. The Morgan fingerprint density at radius 3 is 2.42 bits per heavy atom. The van der Waals surface area contributed by atoms with Crippen molar-refractivity contribution in [3.63, 3.8) is 0 Å². The van der Waals surface area contributed by atoms with Crippen LogP contribution < -0.4 is 5.43 Å². The highest BCUT2D eigenvalue weighted by Gasteiger charge is 2.24. The lowest BCUT2D eigenvalue weighted by atomic mass is 9.97. The maximum absolute atomic E-state index is 14.9. The Morgan fingerprint density at radius 2 is 1.83 bits per heavy atom. The van der Waals surface area contributed by atoms with Gasteiger partial charge >= 0.3 is 12.2 Å². The van der Waals surface area contributed by atoms with Crippen LogP contribution in [0.3, 0.4) is 0 Å². The normalized spacial score (nSPS) is 13.5. The van der Waals surface area contributed by atoms with Gasteiger partial charge in [-0.2, -0.15) is 0 Å². The fraction of sp³-hybridized carbons (Fsp3) is 0.370. The van der Waals surface area contributed by atoms with Crippen LogP contribution in [0.15, 0.2) is 54.6 Å². The molecule has 0 saturated heterocycles. The van der Waals surface area contributed by atoms with Crippen molar-refractivity contribution in [3.8, 4) is 0 Å². The first-order chi connectivity index (χ1) is 17.1. The molecule has 0 fully saturated rings. The highest BCUT2D eigenvalue weighted by molar-refractivity contribution is 5.95. The summed E-state index contributed by atoms with van der Waals surface area (Å²) in [5.41, 5.74) is 3.82. The number of hydrazine groups is 1. The molecule has 0 aromatic heterocycles. The van der Waals surface area contributed by atoms with E-state index < -0.39 is 29.5 Å². The molecule has 3 amide bonds. The molecule has 192 valence electrons. The summed E-state index contributed by atoms with van der Waals surface area (Å²) in [5, 5.41) is 1.04. The highest BCUT2D eigenvalue weighted by Crippen LogP contribution is 2.26. The van der Waals surface area contributed by atoms with Crippen LogP contribution in [0.2, 0.25) is 0 Å². The second-order valence-corrected chi connectivity index (χ2v) is 9.33. The van der Waals surface area contributed by atoms with E-state index in [1.807, 2.05) is 30.3 Å². The molecule has 9 heteroatoms. The number of rotatable bonds is 5. The van der Waals surface area contributed by atoms with E-state index in [0.29, 0.717) is 25.1 Å². The summed E-state index contributed by atoms with van der Waals surface area (Å²) in [6.45, 7) is 7.91. The second kappa shape index (κ2) is 11.7. The minimum atomic E-state index is -0.717. The van der Waals surface area contributed by atoms with Gasteiger partial charge in [0.2, 0.25) is 0 Å². The number of benzene rings is 2. The van der Waals surface area contributed by atoms with E-state index >= 15 is 0 Å². The first-order valence-electron chi connectivity index (χ1n) is 11.8. The fourth-order valence-corrected chi connectivity index (χ4v) is 3.56. The minimum Gasteiger partial charge on any atom is -0.445 e. The molecule has 0 bridgehead atoms. The Kier molecular flexibility index (Phi) is 8.68. The number of carbonyl (C=O) groups is 3. The monoisotopic (exact) mass is 497 g/mol. The van der Waals surface area contributed by atoms with Crippen molar-refractivity contribution in [2.45, 2.75) is 46.3 Å². The maximum atomic E-state index is 14.9. The third-order valence-corrected chi connectivity index (χ3v) is 5.42. The van der Waals surface area contributed by atoms with Crippen molar-refractivity contribution >= 4 is 23.7 Å². The fourth-order valence-electron chi connectivity index (χ4n) is 3.56. The Hall–Kier alpha value is -3.88. The molecule has 1 aliphatic heterocycles. The molecule has 3 rings (SSSR count). The van der Waals surface area contributed by atoms with Gasteiger partial charge in [-0.3, -0.25) is 10.2 Å². The molecule has 1 heterocycles. The molecular formula is C27H32FN3O5. The summed E-state index contributed by atoms with van der Waals surface area (Å²) < 4.78 is 25.6. The molecule has 0 spiro atoms. The van der Waals surface area contributed by atoms with E-state index in [1.54, 1.807) is 38.7 Å². The first-order valence-corrected chi connectivity index (χ1v) is 11.8. The van der Waals surface area contributed by atoms with Crippen molar-refractivity contribution in [1.82, 2.24) is 15.3 Å². The first kappa shape index (κ1) is 26.7. The average Bonchev–Trinajstić information content (AvgIpc) is 2.85. The van der Waals surface area contributed by atoms with Crippen molar-refractivity contribution < 1.29 is 28.2 Å². The van der Waals surface area contributed by atoms with Crippen molar-refractivity contribution in [2.75, 3.05) is 19.6 Å². The van der Waals surface area contributed by atoms with Crippen LogP contribution in [-0.4, -0.2) is 53.2 Å². The molecule has 2 aromatic rings. The summed E-state index contributed by atoms with van der Waals surface area (Å²) in [6.07, 6.45) is 1.11. The van der Waals surface area contributed by atoms with Crippen LogP contribution >= 0.6 is 0 Å². The van der Waals surface area contributed by atoms with Gasteiger partial charge in [0.25, 0.3) is 5.91 Å². The van der Waals surface area contributed by atoms with Gasteiger partial charge in [-0.25, -0.2) is 19.0 Å². The van der Waals surface area contributed by atoms with Crippen LogP contribution in [0.4, 0.5) is 14.0 Å². The molecular weight excluding hydrogens is 465 g/mol. The van der Waals surface area contributed by atoms with Crippen LogP contribution in [0, 0.1) is 5.82 Å². The summed E-state index contributed by atoms with van der Waals surface area (Å²) in [7, 11) is 0. The maximum Gasteiger partial charge on any atom is 0.429 e. The van der Waals surface area contributed by atoms with Crippen molar-refractivity contribution in [2.24, 2.45) is 0 Å². The van der Waals surface area contributed by atoms with Crippen LogP contribution in [0.1, 0.15) is 55.6 Å². The van der Waals surface area contributed by atoms with Crippen LogP contribution in [0.25, 0.3) is 5.57 Å². The van der Waals surface area contributed by atoms with Gasteiger partial charge in [-0.05, 0) is 57.4 Å². The number of nitrogens with zero attached hydrogens (tertiary/aromatic N) is 2. The zero-order valence-corrected chi connectivity index (χ0v) is 21.0. The van der Waals surface area contributed by atoms with E-state index in [0.717, 1.165) is 22.2 Å². The summed E-state index contributed by atoms with van der Waals surface area (Å²) in [4.78, 5) is 38.8. The van der Waals surface area contributed by atoms with Gasteiger partial charge < -0.3 is 14.4 Å². The molecule has 0 aliphatic carbocycles. The SMILES string of the molecule is CCN(NC(=O)c1ccc(C2=CCN(C(=O)OCc3ccccc3)CC2)c(F)c1)C(=O)OC(C)(C)C. The van der Waals surface area contributed by atoms with E-state index in [9.17, 15) is 18.8 Å². The predicted octanol–water partition coefficient (Wildman–Crippen LogP) is 5.15. The zero-order valence-electron chi connectivity index (χ0n) is 21.0. The number of hydrogen-bond donors (Lipinski definition) is 1. The number of amides is 3. The topological polar surface area (TPSA) is 88.2 Å². The van der Waals surface area contributed by atoms with Crippen molar-refractivity contribution in [1.29, 1.82) is 0 Å². The molecule has 2 aromatic carbocycles. The molecule has 0 atom stereocenters. The van der Waals surface area contributed by atoms with Gasteiger partial charge in [0, 0.05) is 30.8 Å². The van der Waals surface area contributed by atoms with Crippen molar-refractivity contribution in [3.05, 3.63) is 77.1 Å². The summed E-state index contributed by atoms with van der Waals surface area (Å²) >= 11 is 0. The molecule has 0 unspecified atom stereocenters. The van der Waals surface area contributed by atoms with E-state index in [1.165, 1.54) is 12.1 Å². The molecule has 0 saturated carbocycles. The van der Waals surface area contributed by atoms with Crippen LogP contribution in [0.5, 0.6) is 0 Å². The average molecular weight is 498 g/mol. The third-order valence-electron chi connectivity index (χ3n) is 5.42. The van der Waals surface area contributed by atoms with Gasteiger partial charge in [0.15, 0.2) is 0 Å². The zero-order chi connectivity index (χ0) is 26.3. The lowest BCUT2D eigenvalue weighted by Crippen LogP contribution is -2.48. The van der Waals surface area contributed by atoms with E-state index in [4.69, 9.17) is 9.47 Å². The van der Waals surface area contributed by atoms with E-state index in [-0.39, 0.29) is 18.7 Å². The Morgan fingerprint density at radius 1 is 1.11 bits per heavy atom. The Labute approximate surface area is 210 Å². The van der Waals surface area contributed by atoms with Gasteiger partial charge in [-0.1, -0.05) is 42.5 Å². The molecule has 8 nitrogen and oxygen atoms in total. The highest BCUT2D eigenvalue weighted by atomic mass is 19.1. The lowest BCUT2D eigenvalue weighted by Gasteiger charge is -2.27. The van der Waals surface area contributed by atoms with E-state index in [2.05, 4.69) is 5.43 Å². The van der Waals surface area contributed by atoms with Gasteiger partial charge in [-0.15, -0.1) is 0 Å². The Bertz CT molecular complexity index is 1130. The molecule has 1 N–H and O–H groups in total. The number of hydrogen-bond acceptors (Lipinski definition) is 5. The van der Waals surface area contributed by atoms with Crippen LogP contribution in [-0.2, 0) is 16.1 Å². The molecule has 1 aliphatic rings. The smallest absolute Gasteiger partial charge is 0.429 e. The number of ether oxygens (including phenoxy) is 2. The minimum absolute atomic E-state index is 0.0702. The molecule has 36 heavy (non-hydrogen) atoms. The van der Waals surface area contributed by atoms with Gasteiger partial charge in [0.05, 0.1) is 0 Å². The standard InChI is InChI=1S/C27H32FN3O5/c1-5-31(26(34)36-27(2,3)4)29-24(32)21-11-12-22(23(28)17-21)20-13-15-30(16-14-20)25(33)35-18-19-9-7-6-8-10-19/h6-13,17H,5,14-16,18H2,1-4H3,(H,29,32). The predicted molar refractivity (Wildman–Crippen MR) is 133 cm³/mol. The summed E-state index contributed by atoms with van der Waals surface area (Å²) in [5.74, 6) is -1.19. The third kappa shape index (κ3) is 7.31. The number of nitrogens with one attached hydrogen (secondary N) is 1.